The van der Waals surface area contributed by atoms with Crippen LogP contribution < -0.4 is 0 Å². The Morgan fingerprint density at radius 1 is 1.71 bits per heavy atom. The summed E-state index contributed by atoms with van der Waals surface area (Å²) in [6, 6.07) is 1.59. The quantitative estimate of drug-likeness (QED) is 0.596. The molecule has 0 aliphatic heterocycles. The SMILES string of the molecule is COC(=O)C(O)c1cnc(Cl)c(C)c1. The van der Waals surface area contributed by atoms with Crippen molar-refractivity contribution in [1.82, 2.24) is 4.98 Å². The van der Waals surface area contributed by atoms with Crippen LogP contribution in [0.2, 0.25) is 5.15 Å². The lowest BCUT2D eigenvalue weighted by molar-refractivity contribution is -0.150. The fourth-order valence-electron chi connectivity index (χ4n) is 0.977. The standard InChI is InChI=1S/C9H10ClNO3/c1-5-3-6(4-11-8(5)10)7(12)9(13)14-2/h3-4,7,12H,1-2H3. The molecule has 1 atom stereocenters. The second-order valence-corrected chi connectivity index (χ2v) is 3.16. The van der Waals surface area contributed by atoms with E-state index in [0.29, 0.717) is 16.3 Å². The Labute approximate surface area is 86.5 Å². The van der Waals surface area contributed by atoms with E-state index in [4.69, 9.17) is 11.6 Å². The molecule has 14 heavy (non-hydrogen) atoms. The van der Waals surface area contributed by atoms with Crippen molar-refractivity contribution in [1.29, 1.82) is 0 Å². The van der Waals surface area contributed by atoms with Crippen LogP contribution in [0.25, 0.3) is 0 Å². The van der Waals surface area contributed by atoms with E-state index in [2.05, 4.69) is 9.72 Å². The molecule has 0 spiro atoms. The molecule has 1 rings (SSSR count). The van der Waals surface area contributed by atoms with E-state index in [-0.39, 0.29) is 0 Å². The minimum Gasteiger partial charge on any atom is -0.467 e. The van der Waals surface area contributed by atoms with Crippen molar-refractivity contribution >= 4 is 17.6 Å². The number of hydrogen-bond donors (Lipinski definition) is 1. The Kier molecular flexibility index (Phi) is 3.43. The normalized spacial score (nSPS) is 12.3. The van der Waals surface area contributed by atoms with E-state index in [1.165, 1.54) is 13.3 Å². The monoisotopic (exact) mass is 215 g/mol. The molecule has 0 aliphatic carbocycles. The number of carbonyl (C=O) groups excluding carboxylic acids is 1. The number of aromatic nitrogens is 1. The summed E-state index contributed by atoms with van der Waals surface area (Å²) in [6.07, 6.45) is 0.0418. The summed E-state index contributed by atoms with van der Waals surface area (Å²) in [5.41, 5.74) is 1.07. The fourth-order valence-corrected chi connectivity index (χ4v) is 1.08. The molecule has 0 saturated carbocycles. The number of aryl methyl sites for hydroxylation is 1. The second kappa shape index (κ2) is 4.39. The van der Waals surface area contributed by atoms with Crippen LogP contribution in [0.1, 0.15) is 17.2 Å². The first-order chi connectivity index (χ1) is 6.56. The topological polar surface area (TPSA) is 59.4 Å². The average Bonchev–Trinajstić information content (AvgIpc) is 2.20. The Morgan fingerprint density at radius 2 is 2.36 bits per heavy atom. The van der Waals surface area contributed by atoms with Crippen molar-refractivity contribution in [3.8, 4) is 0 Å². The van der Waals surface area contributed by atoms with Gasteiger partial charge >= 0.3 is 5.97 Å². The lowest BCUT2D eigenvalue weighted by atomic mass is 10.1. The van der Waals surface area contributed by atoms with Gasteiger partial charge in [-0.2, -0.15) is 0 Å². The fraction of sp³-hybridized carbons (Fsp3) is 0.333. The third-order valence-electron chi connectivity index (χ3n) is 1.78. The van der Waals surface area contributed by atoms with Crippen LogP contribution in [0.5, 0.6) is 0 Å². The van der Waals surface area contributed by atoms with Gasteiger partial charge in [-0.05, 0) is 18.6 Å². The lowest BCUT2D eigenvalue weighted by Gasteiger charge is -2.08. The molecule has 5 heteroatoms. The zero-order valence-corrected chi connectivity index (χ0v) is 8.58. The molecular weight excluding hydrogens is 206 g/mol. The molecule has 0 bridgehead atoms. The maximum absolute atomic E-state index is 11.0. The van der Waals surface area contributed by atoms with E-state index in [1.54, 1.807) is 13.0 Å². The number of aliphatic hydroxyl groups excluding tert-OH is 1. The number of pyridine rings is 1. The van der Waals surface area contributed by atoms with Crippen LogP contribution in [0.3, 0.4) is 0 Å². The van der Waals surface area contributed by atoms with Crippen LogP contribution in [-0.2, 0) is 9.53 Å². The number of nitrogens with zero attached hydrogens (tertiary/aromatic N) is 1. The molecule has 0 aliphatic rings. The summed E-state index contributed by atoms with van der Waals surface area (Å²) in [7, 11) is 1.21. The molecule has 0 saturated heterocycles. The molecular formula is C9H10ClNO3. The van der Waals surface area contributed by atoms with Gasteiger partial charge in [0.15, 0.2) is 6.10 Å². The minimum absolute atomic E-state index is 0.353. The molecule has 4 nitrogen and oxygen atoms in total. The van der Waals surface area contributed by atoms with E-state index in [0.717, 1.165) is 0 Å². The highest BCUT2D eigenvalue weighted by Crippen LogP contribution is 2.18. The molecule has 1 aromatic rings. The van der Waals surface area contributed by atoms with Crippen LogP contribution in [0.15, 0.2) is 12.3 Å². The number of esters is 1. The molecule has 1 heterocycles. The van der Waals surface area contributed by atoms with Gasteiger partial charge < -0.3 is 9.84 Å². The van der Waals surface area contributed by atoms with Crippen LogP contribution in [0.4, 0.5) is 0 Å². The van der Waals surface area contributed by atoms with Crippen molar-refractivity contribution in [3.63, 3.8) is 0 Å². The van der Waals surface area contributed by atoms with Gasteiger partial charge in [0.1, 0.15) is 5.15 Å². The number of rotatable bonds is 2. The molecule has 0 fully saturated rings. The third-order valence-corrected chi connectivity index (χ3v) is 2.17. The molecule has 76 valence electrons. The van der Waals surface area contributed by atoms with Gasteiger partial charge in [0.2, 0.25) is 0 Å². The smallest absolute Gasteiger partial charge is 0.339 e. The van der Waals surface area contributed by atoms with Crippen molar-refractivity contribution in [2.75, 3.05) is 7.11 Å². The first kappa shape index (κ1) is 10.9. The van der Waals surface area contributed by atoms with Crippen molar-refractivity contribution in [2.45, 2.75) is 13.0 Å². The maximum Gasteiger partial charge on any atom is 0.339 e. The maximum atomic E-state index is 11.0. The number of carbonyl (C=O) groups is 1. The first-order valence-corrected chi connectivity index (χ1v) is 4.32. The molecule has 1 unspecified atom stereocenters. The highest BCUT2D eigenvalue weighted by molar-refractivity contribution is 6.30. The number of halogens is 1. The number of hydrogen-bond acceptors (Lipinski definition) is 4. The molecule has 0 radical (unpaired) electrons. The average molecular weight is 216 g/mol. The van der Waals surface area contributed by atoms with Gasteiger partial charge in [-0.15, -0.1) is 0 Å². The van der Waals surface area contributed by atoms with E-state index in [1.807, 2.05) is 0 Å². The molecule has 0 amide bonds. The van der Waals surface area contributed by atoms with Gasteiger partial charge in [0, 0.05) is 11.8 Å². The lowest BCUT2D eigenvalue weighted by Crippen LogP contribution is -2.13. The number of ether oxygens (including phenoxy) is 1. The van der Waals surface area contributed by atoms with E-state index >= 15 is 0 Å². The zero-order valence-electron chi connectivity index (χ0n) is 7.82. The van der Waals surface area contributed by atoms with Crippen LogP contribution in [0, 0.1) is 6.92 Å². The summed E-state index contributed by atoms with van der Waals surface area (Å²) < 4.78 is 4.39. The Morgan fingerprint density at radius 3 is 2.86 bits per heavy atom. The summed E-state index contributed by atoms with van der Waals surface area (Å²) in [5, 5.41) is 9.80. The van der Waals surface area contributed by atoms with Gasteiger partial charge in [-0.1, -0.05) is 11.6 Å². The van der Waals surface area contributed by atoms with Gasteiger partial charge in [-0.25, -0.2) is 9.78 Å². The van der Waals surface area contributed by atoms with Crippen molar-refractivity contribution in [2.24, 2.45) is 0 Å². The zero-order chi connectivity index (χ0) is 10.7. The molecule has 0 aromatic carbocycles. The Bertz CT molecular complexity index is 354. The van der Waals surface area contributed by atoms with Crippen molar-refractivity contribution < 1.29 is 14.6 Å². The number of methoxy groups -OCH3 is 1. The third kappa shape index (κ3) is 2.21. The summed E-state index contributed by atoms with van der Waals surface area (Å²) in [6.45, 7) is 1.74. The molecule has 1 aromatic heterocycles. The minimum atomic E-state index is -1.30. The summed E-state index contributed by atoms with van der Waals surface area (Å²) in [5.74, 6) is -0.714. The Hall–Kier alpha value is -1.13. The first-order valence-electron chi connectivity index (χ1n) is 3.94. The van der Waals surface area contributed by atoms with Gasteiger partial charge in [0.05, 0.1) is 7.11 Å². The predicted molar refractivity (Wildman–Crippen MR) is 51.0 cm³/mol. The largest absolute Gasteiger partial charge is 0.467 e. The Balaban J connectivity index is 2.96. The van der Waals surface area contributed by atoms with Crippen LogP contribution >= 0.6 is 11.6 Å². The molecule has 1 N–H and O–H groups in total. The van der Waals surface area contributed by atoms with Crippen molar-refractivity contribution in [3.05, 3.63) is 28.5 Å². The van der Waals surface area contributed by atoms with E-state index in [9.17, 15) is 9.90 Å². The summed E-state index contributed by atoms with van der Waals surface area (Å²) >= 11 is 5.69. The highest BCUT2D eigenvalue weighted by Gasteiger charge is 2.18. The second-order valence-electron chi connectivity index (χ2n) is 2.80. The van der Waals surface area contributed by atoms with Crippen LogP contribution in [-0.4, -0.2) is 23.2 Å². The number of aliphatic hydroxyl groups is 1. The van der Waals surface area contributed by atoms with Gasteiger partial charge in [-0.3, -0.25) is 0 Å². The predicted octanol–water partition coefficient (Wildman–Crippen LogP) is 1.25. The van der Waals surface area contributed by atoms with E-state index < -0.39 is 12.1 Å². The summed E-state index contributed by atoms with van der Waals surface area (Å²) in [4.78, 5) is 14.8. The highest BCUT2D eigenvalue weighted by atomic mass is 35.5. The van der Waals surface area contributed by atoms with Gasteiger partial charge in [0.25, 0.3) is 0 Å².